The Kier molecular flexibility index (Phi) is 10.5. The van der Waals surface area contributed by atoms with Gasteiger partial charge in [-0.3, -0.25) is 4.79 Å². The normalized spacial score (nSPS) is 18.1. The van der Waals surface area contributed by atoms with Gasteiger partial charge in [0.05, 0.1) is 0 Å². The fourth-order valence-electron chi connectivity index (χ4n) is 3.98. The van der Waals surface area contributed by atoms with Crippen LogP contribution in [0.5, 0.6) is 0 Å². The number of nitrogens with two attached hydrogens (primary N) is 1. The minimum atomic E-state index is 0.366. The van der Waals surface area contributed by atoms with Crippen molar-refractivity contribution in [3.63, 3.8) is 0 Å². The molecule has 23 heavy (non-hydrogen) atoms. The molecule has 2 N–H and O–H groups in total. The van der Waals surface area contributed by atoms with Crippen LogP contribution in [-0.4, -0.2) is 12.3 Å². The zero-order valence-corrected chi connectivity index (χ0v) is 15.8. The number of ketones is 1. The highest BCUT2D eigenvalue weighted by Crippen LogP contribution is 2.29. The molecule has 0 aliphatic heterocycles. The van der Waals surface area contributed by atoms with Crippen LogP contribution in [0.3, 0.4) is 0 Å². The number of carbonyl (C=O) groups excluding carboxylic acids is 1. The van der Waals surface area contributed by atoms with Crippen LogP contribution >= 0.6 is 0 Å². The fraction of sp³-hybridized carbons (Fsp3) is 0.857. The van der Waals surface area contributed by atoms with E-state index < -0.39 is 0 Å². The average molecular weight is 322 g/mol. The molecule has 0 radical (unpaired) electrons. The summed E-state index contributed by atoms with van der Waals surface area (Å²) in [6, 6.07) is 0. The highest BCUT2D eigenvalue weighted by molar-refractivity contribution is 5.81. The molecule has 0 aromatic rings. The number of allylic oxidation sites excluding steroid dienone is 2. The molecular formula is C21H39NO. The van der Waals surface area contributed by atoms with Gasteiger partial charge in [0.15, 0.2) is 0 Å². The second-order valence-electron chi connectivity index (χ2n) is 7.31. The molecule has 0 aromatic carbocycles. The van der Waals surface area contributed by atoms with E-state index in [2.05, 4.69) is 20.8 Å². The van der Waals surface area contributed by atoms with Gasteiger partial charge < -0.3 is 5.73 Å². The van der Waals surface area contributed by atoms with E-state index in [-0.39, 0.29) is 0 Å². The first-order chi connectivity index (χ1) is 11.2. The van der Waals surface area contributed by atoms with Crippen LogP contribution in [0.4, 0.5) is 0 Å². The molecule has 1 saturated carbocycles. The van der Waals surface area contributed by atoms with Gasteiger partial charge in [0.2, 0.25) is 0 Å². The van der Waals surface area contributed by atoms with Crippen LogP contribution in [0.2, 0.25) is 0 Å². The van der Waals surface area contributed by atoms with E-state index in [1.807, 2.05) is 0 Å². The third-order valence-corrected chi connectivity index (χ3v) is 5.66. The van der Waals surface area contributed by atoms with Crippen molar-refractivity contribution in [2.45, 2.75) is 97.8 Å². The maximum Gasteiger partial charge on any atom is 0.135 e. The lowest BCUT2D eigenvalue weighted by atomic mass is 9.87. The lowest BCUT2D eigenvalue weighted by Crippen LogP contribution is -2.19. The topological polar surface area (TPSA) is 43.1 Å². The van der Waals surface area contributed by atoms with E-state index in [1.165, 1.54) is 38.5 Å². The average Bonchev–Trinajstić information content (AvgIpc) is 3.11. The molecule has 2 nitrogen and oxygen atoms in total. The third kappa shape index (κ3) is 7.20. The van der Waals surface area contributed by atoms with Crippen LogP contribution in [0.25, 0.3) is 0 Å². The Bertz CT molecular complexity index is 366. The highest BCUT2D eigenvalue weighted by atomic mass is 16.1. The molecule has 0 heterocycles. The minimum absolute atomic E-state index is 0.366. The van der Waals surface area contributed by atoms with Crippen molar-refractivity contribution in [2.24, 2.45) is 17.6 Å². The lowest BCUT2D eigenvalue weighted by molar-refractivity contribution is -0.122. The summed E-state index contributed by atoms with van der Waals surface area (Å²) in [4.78, 5) is 12.3. The van der Waals surface area contributed by atoms with Crippen LogP contribution in [0.1, 0.15) is 97.8 Å². The molecule has 1 rings (SSSR count). The zero-order chi connectivity index (χ0) is 17.1. The van der Waals surface area contributed by atoms with Gasteiger partial charge in [-0.1, -0.05) is 51.2 Å². The third-order valence-electron chi connectivity index (χ3n) is 5.66. The predicted molar refractivity (Wildman–Crippen MR) is 100 cm³/mol. The molecule has 2 heteroatoms. The first-order valence-electron chi connectivity index (χ1n) is 10.1. The number of carbonyl (C=O) groups is 1. The molecule has 0 aromatic heterocycles. The summed E-state index contributed by atoms with van der Waals surface area (Å²) in [5.74, 6) is 1.36. The Labute approximate surface area is 144 Å². The number of rotatable bonds is 12. The van der Waals surface area contributed by atoms with Crippen LogP contribution in [-0.2, 0) is 4.79 Å². The van der Waals surface area contributed by atoms with Crippen LogP contribution in [0.15, 0.2) is 11.1 Å². The monoisotopic (exact) mass is 321 g/mol. The molecular weight excluding hydrogens is 282 g/mol. The molecule has 1 unspecified atom stereocenters. The standard InChI is InChI=1S/C21H39NO/c1-4-7-10-18(5-2)19(6-3)15-17(16-22)13-14-21(23)20-11-8-9-12-20/h17,20H,4-16,22H2,1-3H3/b19-18-. The van der Waals surface area contributed by atoms with E-state index in [0.29, 0.717) is 24.2 Å². The van der Waals surface area contributed by atoms with Crippen LogP contribution in [0, 0.1) is 11.8 Å². The number of Topliss-reactive ketones (excluding diaryl/α,β-unsaturated/α-hetero) is 1. The summed E-state index contributed by atoms with van der Waals surface area (Å²) in [6.45, 7) is 7.53. The summed E-state index contributed by atoms with van der Waals surface area (Å²) in [6.07, 6.45) is 13.7. The van der Waals surface area contributed by atoms with Gasteiger partial charge >= 0.3 is 0 Å². The number of unbranched alkanes of at least 4 members (excludes halogenated alkanes) is 1. The SMILES string of the molecule is CCCC/C(CC)=C(/CC)CC(CN)CCC(=O)C1CCCC1. The summed E-state index contributed by atoms with van der Waals surface area (Å²) in [5.41, 5.74) is 9.29. The maximum atomic E-state index is 12.3. The lowest BCUT2D eigenvalue weighted by Gasteiger charge is -2.20. The van der Waals surface area contributed by atoms with Crippen molar-refractivity contribution in [2.75, 3.05) is 6.54 Å². The van der Waals surface area contributed by atoms with Gasteiger partial charge in [-0.05, 0) is 63.8 Å². The Morgan fingerprint density at radius 1 is 1.04 bits per heavy atom. The molecule has 1 aliphatic rings. The Morgan fingerprint density at radius 3 is 2.22 bits per heavy atom. The minimum Gasteiger partial charge on any atom is -0.330 e. The maximum absolute atomic E-state index is 12.3. The molecule has 1 atom stereocenters. The second kappa shape index (κ2) is 11.8. The van der Waals surface area contributed by atoms with Crippen molar-refractivity contribution >= 4 is 5.78 Å². The van der Waals surface area contributed by atoms with Crippen molar-refractivity contribution in [1.82, 2.24) is 0 Å². The number of hydrogen-bond acceptors (Lipinski definition) is 2. The molecule has 134 valence electrons. The Morgan fingerprint density at radius 2 is 1.70 bits per heavy atom. The van der Waals surface area contributed by atoms with Gasteiger partial charge in [0.25, 0.3) is 0 Å². The molecule has 1 aliphatic carbocycles. The largest absolute Gasteiger partial charge is 0.330 e. The van der Waals surface area contributed by atoms with Gasteiger partial charge in [-0.25, -0.2) is 0 Å². The first kappa shape index (κ1) is 20.4. The smallest absolute Gasteiger partial charge is 0.135 e. The van der Waals surface area contributed by atoms with E-state index in [1.54, 1.807) is 11.1 Å². The fourth-order valence-corrected chi connectivity index (χ4v) is 3.98. The predicted octanol–water partition coefficient (Wildman–Crippen LogP) is 5.80. The molecule has 0 amide bonds. The summed E-state index contributed by atoms with van der Waals surface area (Å²) in [7, 11) is 0. The Balaban J connectivity index is 2.54. The van der Waals surface area contributed by atoms with Gasteiger partial charge in [-0.2, -0.15) is 0 Å². The molecule has 0 saturated heterocycles. The van der Waals surface area contributed by atoms with E-state index in [0.717, 1.165) is 38.5 Å². The van der Waals surface area contributed by atoms with Crippen LogP contribution < -0.4 is 5.73 Å². The zero-order valence-electron chi connectivity index (χ0n) is 15.8. The second-order valence-corrected chi connectivity index (χ2v) is 7.31. The van der Waals surface area contributed by atoms with E-state index in [4.69, 9.17) is 5.73 Å². The Hall–Kier alpha value is -0.630. The summed E-state index contributed by atoms with van der Waals surface area (Å²) >= 11 is 0. The highest BCUT2D eigenvalue weighted by Gasteiger charge is 2.23. The van der Waals surface area contributed by atoms with E-state index >= 15 is 0 Å². The van der Waals surface area contributed by atoms with Gasteiger partial charge in [-0.15, -0.1) is 0 Å². The van der Waals surface area contributed by atoms with Crippen molar-refractivity contribution in [3.05, 3.63) is 11.1 Å². The van der Waals surface area contributed by atoms with Crippen molar-refractivity contribution < 1.29 is 4.79 Å². The van der Waals surface area contributed by atoms with E-state index in [9.17, 15) is 4.79 Å². The number of hydrogen-bond donors (Lipinski definition) is 1. The molecule has 0 spiro atoms. The molecule has 0 bridgehead atoms. The van der Waals surface area contributed by atoms with Crippen molar-refractivity contribution in [1.29, 1.82) is 0 Å². The van der Waals surface area contributed by atoms with Crippen molar-refractivity contribution in [3.8, 4) is 0 Å². The summed E-state index contributed by atoms with van der Waals surface area (Å²) < 4.78 is 0. The van der Waals surface area contributed by atoms with Gasteiger partial charge in [0.1, 0.15) is 5.78 Å². The van der Waals surface area contributed by atoms with Gasteiger partial charge in [0, 0.05) is 12.3 Å². The first-order valence-corrected chi connectivity index (χ1v) is 10.1. The summed E-state index contributed by atoms with van der Waals surface area (Å²) in [5, 5.41) is 0. The quantitative estimate of drug-likeness (QED) is 0.462. The molecule has 1 fully saturated rings.